The molecule has 1 N–H and O–H groups in total. The number of urea groups is 1. The van der Waals surface area contributed by atoms with Gasteiger partial charge in [-0.1, -0.05) is 6.07 Å². The van der Waals surface area contributed by atoms with Crippen molar-refractivity contribution in [2.45, 2.75) is 13.0 Å². The summed E-state index contributed by atoms with van der Waals surface area (Å²) in [5.74, 6) is 0.650. The Morgan fingerprint density at radius 1 is 1.00 bits per heavy atom. The first-order chi connectivity index (χ1) is 13.1. The van der Waals surface area contributed by atoms with Gasteiger partial charge >= 0.3 is 6.03 Å². The molecule has 0 aliphatic carbocycles. The van der Waals surface area contributed by atoms with E-state index in [-0.39, 0.29) is 12.6 Å². The molecule has 0 atom stereocenters. The number of benzene rings is 2. The Morgan fingerprint density at radius 2 is 1.74 bits per heavy atom. The molecule has 2 heterocycles. The van der Waals surface area contributed by atoms with Gasteiger partial charge in [0.25, 0.3) is 0 Å². The molecule has 2 aromatic carbocycles. The molecule has 2 aliphatic heterocycles. The Kier molecular flexibility index (Phi) is 5.20. The molecule has 1 fully saturated rings. The molecule has 4 rings (SSSR count). The summed E-state index contributed by atoms with van der Waals surface area (Å²) < 4.78 is 27.2. The lowest BCUT2D eigenvalue weighted by molar-refractivity contribution is 0.205. The zero-order valence-electron chi connectivity index (χ0n) is 14.9. The maximum absolute atomic E-state index is 13.9. The third-order valence-corrected chi connectivity index (χ3v) is 6.01. The van der Waals surface area contributed by atoms with E-state index in [1.807, 2.05) is 36.0 Å². The van der Waals surface area contributed by atoms with Gasteiger partial charge in [0.05, 0.1) is 0 Å². The minimum Gasteiger partial charge on any atom is -0.370 e. The predicted molar refractivity (Wildman–Crippen MR) is 105 cm³/mol. The first-order valence-electron chi connectivity index (χ1n) is 9.06. The second-order valence-corrected chi connectivity index (χ2v) is 7.97. The average molecular weight is 389 g/mol. The molecule has 0 bridgehead atoms. The van der Waals surface area contributed by atoms with E-state index in [1.54, 1.807) is 11.0 Å². The zero-order valence-corrected chi connectivity index (χ0v) is 15.7. The van der Waals surface area contributed by atoms with Crippen molar-refractivity contribution < 1.29 is 13.6 Å². The summed E-state index contributed by atoms with van der Waals surface area (Å²) in [5.41, 5.74) is 2.93. The van der Waals surface area contributed by atoms with Gasteiger partial charge in [-0.15, -0.1) is 0 Å². The summed E-state index contributed by atoms with van der Waals surface area (Å²) >= 11 is 1.97. The van der Waals surface area contributed by atoms with Gasteiger partial charge in [0.1, 0.15) is 0 Å². The van der Waals surface area contributed by atoms with Crippen molar-refractivity contribution in [3.05, 3.63) is 59.2 Å². The third kappa shape index (κ3) is 3.88. The number of hydrogen-bond acceptors (Lipinski definition) is 3. The van der Waals surface area contributed by atoms with Gasteiger partial charge in [-0.05, 0) is 47.9 Å². The first kappa shape index (κ1) is 18.1. The number of halogens is 2. The Labute approximate surface area is 161 Å². The summed E-state index contributed by atoms with van der Waals surface area (Å²) in [4.78, 5) is 16.5. The van der Waals surface area contributed by atoms with Crippen LogP contribution in [0.2, 0.25) is 0 Å². The van der Waals surface area contributed by atoms with E-state index in [0.717, 1.165) is 42.0 Å². The number of hydrogen-bond donors (Lipinski definition) is 1. The van der Waals surface area contributed by atoms with Crippen molar-refractivity contribution in [2.24, 2.45) is 0 Å². The van der Waals surface area contributed by atoms with Gasteiger partial charge in [-0.25, -0.2) is 13.6 Å². The summed E-state index contributed by atoms with van der Waals surface area (Å²) in [7, 11) is 0. The number of fused-ring (bicyclic) bond motifs is 1. The molecule has 0 radical (unpaired) electrons. The number of carbonyl (C=O) groups excluding carboxylic acids is 1. The molecule has 7 heteroatoms. The van der Waals surface area contributed by atoms with E-state index in [0.29, 0.717) is 24.1 Å². The molecule has 142 valence electrons. The van der Waals surface area contributed by atoms with Gasteiger partial charge in [-0.3, -0.25) is 0 Å². The SMILES string of the molecule is O=C(Nc1ccc(N2CCSCC2)cc1)N1CCc2c(ccc(F)c2F)C1. The van der Waals surface area contributed by atoms with E-state index >= 15 is 0 Å². The summed E-state index contributed by atoms with van der Waals surface area (Å²) in [6, 6.07) is 10.3. The van der Waals surface area contributed by atoms with Gasteiger partial charge < -0.3 is 15.1 Å². The van der Waals surface area contributed by atoms with E-state index in [4.69, 9.17) is 0 Å². The van der Waals surface area contributed by atoms with E-state index in [1.165, 1.54) is 0 Å². The lowest BCUT2D eigenvalue weighted by Gasteiger charge is -2.30. The van der Waals surface area contributed by atoms with Crippen LogP contribution in [0.15, 0.2) is 36.4 Å². The van der Waals surface area contributed by atoms with Gasteiger partial charge in [0, 0.05) is 49.1 Å². The molecule has 2 aromatic rings. The van der Waals surface area contributed by atoms with Crippen LogP contribution in [0.5, 0.6) is 0 Å². The Balaban J connectivity index is 1.40. The molecule has 1 saturated heterocycles. The Hall–Kier alpha value is -2.28. The molecule has 0 unspecified atom stereocenters. The highest BCUT2D eigenvalue weighted by atomic mass is 32.2. The highest BCUT2D eigenvalue weighted by Gasteiger charge is 2.24. The monoisotopic (exact) mass is 389 g/mol. The van der Waals surface area contributed by atoms with Crippen LogP contribution in [0.1, 0.15) is 11.1 Å². The second-order valence-electron chi connectivity index (χ2n) is 6.75. The maximum Gasteiger partial charge on any atom is 0.322 e. The lowest BCUT2D eigenvalue weighted by Crippen LogP contribution is -2.39. The van der Waals surface area contributed by atoms with Crippen molar-refractivity contribution in [2.75, 3.05) is 41.4 Å². The molecule has 4 nitrogen and oxygen atoms in total. The van der Waals surface area contributed by atoms with Crippen molar-refractivity contribution in [1.82, 2.24) is 4.90 Å². The molecule has 2 aliphatic rings. The van der Waals surface area contributed by atoms with Crippen LogP contribution in [-0.2, 0) is 13.0 Å². The summed E-state index contributed by atoms with van der Waals surface area (Å²) in [5, 5.41) is 2.90. The highest BCUT2D eigenvalue weighted by Crippen LogP contribution is 2.25. The van der Waals surface area contributed by atoms with Crippen LogP contribution in [0, 0.1) is 11.6 Å². The lowest BCUT2D eigenvalue weighted by atomic mass is 9.99. The quantitative estimate of drug-likeness (QED) is 0.840. The first-order valence-corrected chi connectivity index (χ1v) is 10.2. The molecular weight excluding hydrogens is 368 g/mol. The highest BCUT2D eigenvalue weighted by molar-refractivity contribution is 7.99. The van der Waals surface area contributed by atoms with E-state index in [2.05, 4.69) is 10.2 Å². The van der Waals surface area contributed by atoms with Crippen LogP contribution < -0.4 is 10.2 Å². The van der Waals surface area contributed by atoms with E-state index < -0.39 is 11.6 Å². The second kappa shape index (κ2) is 7.76. The maximum atomic E-state index is 13.9. The summed E-state index contributed by atoms with van der Waals surface area (Å²) in [6.45, 7) is 2.73. The van der Waals surface area contributed by atoms with Crippen LogP contribution in [0.4, 0.5) is 25.0 Å². The van der Waals surface area contributed by atoms with Crippen molar-refractivity contribution in [3.63, 3.8) is 0 Å². The number of rotatable bonds is 2. The van der Waals surface area contributed by atoms with E-state index in [9.17, 15) is 13.6 Å². The number of nitrogens with zero attached hydrogens (tertiary/aromatic N) is 2. The van der Waals surface area contributed by atoms with Crippen molar-refractivity contribution in [3.8, 4) is 0 Å². The smallest absolute Gasteiger partial charge is 0.322 e. The fourth-order valence-corrected chi connectivity index (χ4v) is 4.44. The van der Waals surface area contributed by atoms with Crippen LogP contribution in [0.3, 0.4) is 0 Å². The molecule has 0 aromatic heterocycles. The fourth-order valence-electron chi connectivity index (χ4n) is 3.54. The van der Waals surface area contributed by atoms with Crippen LogP contribution in [-0.4, -0.2) is 42.1 Å². The standard InChI is InChI=1S/C20H21F2N3OS/c21-18-6-1-14-13-25(8-7-17(14)19(18)22)20(26)23-15-2-4-16(5-3-15)24-9-11-27-12-10-24/h1-6H,7-13H2,(H,23,26). The number of amides is 2. The molecule has 0 spiro atoms. The molecule has 0 saturated carbocycles. The molecule has 2 amide bonds. The minimum atomic E-state index is -0.834. The third-order valence-electron chi connectivity index (χ3n) is 5.07. The Bertz CT molecular complexity index is 838. The molecule has 27 heavy (non-hydrogen) atoms. The number of nitrogens with one attached hydrogen (secondary N) is 1. The van der Waals surface area contributed by atoms with Crippen molar-refractivity contribution >= 4 is 29.2 Å². The number of thioether (sulfide) groups is 1. The Morgan fingerprint density at radius 3 is 2.48 bits per heavy atom. The fraction of sp³-hybridized carbons (Fsp3) is 0.350. The largest absolute Gasteiger partial charge is 0.370 e. The number of anilines is 2. The predicted octanol–water partition coefficient (Wildman–Crippen LogP) is 4.11. The minimum absolute atomic E-state index is 0.229. The average Bonchev–Trinajstić information content (AvgIpc) is 2.72. The zero-order chi connectivity index (χ0) is 18.8. The normalized spacial score (nSPS) is 16.8. The van der Waals surface area contributed by atoms with Crippen LogP contribution in [0.25, 0.3) is 0 Å². The number of carbonyl (C=O) groups is 1. The van der Waals surface area contributed by atoms with Gasteiger partial charge in [0.15, 0.2) is 11.6 Å². The topological polar surface area (TPSA) is 35.6 Å². The van der Waals surface area contributed by atoms with Gasteiger partial charge in [-0.2, -0.15) is 11.8 Å². The molecular formula is C20H21F2N3OS. The summed E-state index contributed by atoms with van der Waals surface area (Å²) in [6.07, 6.45) is 0.318. The van der Waals surface area contributed by atoms with Gasteiger partial charge in [0.2, 0.25) is 0 Å². The van der Waals surface area contributed by atoms with Crippen molar-refractivity contribution in [1.29, 1.82) is 0 Å². The van der Waals surface area contributed by atoms with Crippen LogP contribution >= 0.6 is 11.8 Å².